The number of methoxy groups -OCH3 is 1. The zero-order valence-corrected chi connectivity index (χ0v) is 15.3. The molecule has 0 aliphatic carbocycles. The molecule has 0 bridgehead atoms. The molecule has 0 spiro atoms. The summed E-state index contributed by atoms with van der Waals surface area (Å²) in [5.74, 6) is -0.812. The summed E-state index contributed by atoms with van der Waals surface area (Å²) in [6.45, 7) is 1.64. The van der Waals surface area contributed by atoms with Crippen LogP contribution in [0.4, 0.5) is 9.18 Å². The summed E-state index contributed by atoms with van der Waals surface area (Å²) in [4.78, 5) is 26.3. The molecule has 0 unspecified atom stereocenters. The van der Waals surface area contributed by atoms with Crippen molar-refractivity contribution in [3.63, 3.8) is 0 Å². The van der Waals surface area contributed by atoms with E-state index in [2.05, 4.69) is 21.2 Å². The number of halogens is 2. The van der Waals surface area contributed by atoms with Crippen LogP contribution in [-0.4, -0.2) is 23.9 Å². The van der Waals surface area contributed by atoms with Gasteiger partial charge in [0.05, 0.1) is 13.7 Å². The van der Waals surface area contributed by atoms with E-state index in [1.165, 1.54) is 19.2 Å². The fourth-order valence-corrected chi connectivity index (χ4v) is 3.23. The van der Waals surface area contributed by atoms with Crippen molar-refractivity contribution in [1.29, 1.82) is 0 Å². The average Bonchev–Trinajstić information content (AvgIpc) is 2.79. The summed E-state index contributed by atoms with van der Waals surface area (Å²) >= 11 is 3.37. The Morgan fingerprint density at radius 3 is 2.64 bits per heavy atom. The topological polar surface area (TPSA) is 58.6 Å². The SMILES string of the molecule is COc1ccc(CN2C(=O)N[C@](C)(c3cccc(Br)c3)C2=O)cc1F. The minimum atomic E-state index is -1.16. The quantitative estimate of drug-likeness (QED) is 0.789. The minimum Gasteiger partial charge on any atom is -0.494 e. The van der Waals surface area contributed by atoms with Crippen molar-refractivity contribution in [2.24, 2.45) is 0 Å². The molecule has 1 saturated heterocycles. The zero-order valence-electron chi connectivity index (χ0n) is 13.7. The van der Waals surface area contributed by atoms with Gasteiger partial charge in [0.15, 0.2) is 11.6 Å². The fourth-order valence-electron chi connectivity index (χ4n) is 2.83. The number of amides is 3. The number of rotatable bonds is 4. The first kappa shape index (κ1) is 17.4. The van der Waals surface area contributed by atoms with Gasteiger partial charge in [-0.15, -0.1) is 0 Å². The van der Waals surface area contributed by atoms with E-state index in [0.29, 0.717) is 11.1 Å². The Morgan fingerprint density at radius 1 is 1.24 bits per heavy atom. The van der Waals surface area contributed by atoms with E-state index in [4.69, 9.17) is 4.74 Å². The fraction of sp³-hybridized carbons (Fsp3) is 0.222. The summed E-state index contributed by atoms with van der Waals surface area (Å²) in [5, 5.41) is 2.73. The lowest BCUT2D eigenvalue weighted by Crippen LogP contribution is -2.40. The van der Waals surface area contributed by atoms with Crippen LogP contribution in [-0.2, 0) is 16.9 Å². The molecular formula is C18H16BrFN2O3. The van der Waals surface area contributed by atoms with Crippen LogP contribution in [0, 0.1) is 5.82 Å². The molecule has 1 N–H and O–H groups in total. The molecule has 1 heterocycles. The predicted octanol–water partition coefficient (Wildman–Crippen LogP) is 3.56. The first-order chi connectivity index (χ1) is 11.8. The summed E-state index contributed by atoms with van der Waals surface area (Å²) in [6, 6.07) is 11.0. The van der Waals surface area contributed by atoms with Gasteiger partial charge in [0.2, 0.25) is 0 Å². The van der Waals surface area contributed by atoms with Gasteiger partial charge in [-0.05, 0) is 42.3 Å². The highest BCUT2D eigenvalue weighted by Crippen LogP contribution is 2.31. The van der Waals surface area contributed by atoms with Gasteiger partial charge in [0.1, 0.15) is 5.54 Å². The maximum atomic E-state index is 13.8. The molecule has 1 fully saturated rings. The maximum Gasteiger partial charge on any atom is 0.325 e. The summed E-state index contributed by atoms with van der Waals surface area (Å²) in [7, 11) is 1.37. The number of carbonyl (C=O) groups excluding carboxylic acids is 2. The van der Waals surface area contributed by atoms with Crippen LogP contribution >= 0.6 is 15.9 Å². The van der Waals surface area contributed by atoms with Crippen LogP contribution in [0.15, 0.2) is 46.9 Å². The van der Waals surface area contributed by atoms with Gasteiger partial charge in [-0.25, -0.2) is 9.18 Å². The lowest BCUT2D eigenvalue weighted by molar-refractivity contribution is -0.131. The van der Waals surface area contributed by atoms with Gasteiger partial charge in [0, 0.05) is 4.47 Å². The third-order valence-corrected chi connectivity index (χ3v) is 4.73. The van der Waals surface area contributed by atoms with Gasteiger partial charge in [-0.3, -0.25) is 9.69 Å². The predicted molar refractivity (Wildman–Crippen MR) is 93.5 cm³/mol. The van der Waals surface area contributed by atoms with E-state index < -0.39 is 17.4 Å². The number of nitrogens with one attached hydrogen (secondary N) is 1. The van der Waals surface area contributed by atoms with Crippen molar-refractivity contribution in [3.05, 3.63) is 63.9 Å². The molecule has 0 radical (unpaired) electrons. The van der Waals surface area contributed by atoms with Crippen LogP contribution in [0.5, 0.6) is 5.75 Å². The van der Waals surface area contributed by atoms with Crippen molar-refractivity contribution in [2.45, 2.75) is 19.0 Å². The molecule has 130 valence electrons. The van der Waals surface area contributed by atoms with Crippen molar-refractivity contribution >= 4 is 27.9 Å². The molecule has 3 rings (SSSR count). The second-order valence-corrected chi connectivity index (χ2v) is 6.84. The Bertz CT molecular complexity index is 858. The monoisotopic (exact) mass is 406 g/mol. The van der Waals surface area contributed by atoms with Crippen molar-refractivity contribution in [2.75, 3.05) is 7.11 Å². The van der Waals surface area contributed by atoms with Crippen LogP contribution in [0.25, 0.3) is 0 Å². The number of urea groups is 1. The van der Waals surface area contributed by atoms with Crippen molar-refractivity contribution in [3.8, 4) is 5.75 Å². The Labute approximate surface area is 152 Å². The van der Waals surface area contributed by atoms with Gasteiger partial charge in [-0.2, -0.15) is 0 Å². The summed E-state index contributed by atoms with van der Waals surface area (Å²) < 4.78 is 19.5. The third kappa shape index (κ3) is 3.11. The molecule has 3 amide bonds. The number of imide groups is 1. The standard InChI is InChI=1S/C18H16BrFN2O3/c1-18(12-4-3-5-13(19)9-12)16(23)22(17(24)21-18)10-11-6-7-15(25-2)14(20)8-11/h3-9H,10H2,1-2H3,(H,21,24)/t18-/m1/s1. The number of ether oxygens (including phenoxy) is 1. The van der Waals surface area contributed by atoms with Crippen molar-refractivity contribution in [1.82, 2.24) is 10.2 Å². The highest BCUT2D eigenvalue weighted by atomic mass is 79.9. The van der Waals surface area contributed by atoms with Crippen LogP contribution in [0.3, 0.4) is 0 Å². The van der Waals surface area contributed by atoms with E-state index in [-0.39, 0.29) is 18.2 Å². The molecular weight excluding hydrogens is 391 g/mol. The maximum absolute atomic E-state index is 13.8. The second-order valence-electron chi connectivity index (χ2n) is 5.93. The Morgan fingerprint density at radius 2 is 2.00 bits per heavy atom. The number of benzene rings is 2. The summed E-state index contributed by atoms with van der Waals surface area (Å²) in [5.41, 5.74) is 0.00947. The molecule has 1 atom stereocenters. The van der Waals surface area contributed by atoms with E-state index in [0.717, 1.165) is 9.37 Å². The van der Waals surface area contributed by atoms with Crippen LogP contribution < -0.4 is 10.1 Å². The molecule has 5 nitrogen and oxygen atoms in total. The lowest BCUT2D eigenvalue weighted by atomic mass is 9.92. The first-order valence-corrected chi connectivity index (χ1v) is 8.37. The van der Waals surface area contributed by atoms with Gasteiger partial charge < -0.3 is 10.1 Å². The number of hydrogen-bond donors (Lipinski definition) is 1. The second kappa shape index (κ2) is 6.48. The van der Waals surface area contributed by atoms with E-state index >= 15 is 0 Å². The van der Waals surface area contributed by atoms with E-state index in [1.807, 2.05) is 6.07 Å². The third-order valence-electron chi connectivity index (χ3n) is 4.23. The van der Waals surface area contributed by atoms with E-state index in [1.54, 1.807) is 31.2 Å². The molecule has 1 aliphatic rings. The highest BCUT2D eigenvalue weighted by Gasteiger charge is 2.48. The van der Waals surface area contributed by atoms with E-state index in [9.17, 15) is 14.0 Å². The van der Waals surface area contributed by atoms with Gasteiger partial charge >= 0.3 is 6.03 Å². The summed E-state index contributed by atoms with van der Waals surface area (Å²) in [6.07, 6.45) is 0. The average molecular weight is 407 g/mol. The van der Waals surface area contributed by atoms with Crippen LogP contribution in [0.1, 0.15) is 18.1 Å². The molecule has 7 heteroatoms. The minimum absolute atomic E-state index is 0.0187. The first-order valence-electron chi connectivity index (χ1n) is 7.57. The highest BCUT2D eigenvalue weighted by molar-refractivity contribution is 9.10. The van der Waals surface area contributed by atoms with Gasteiger partial charge in [0.25, 0.3) is 5.91 Å². The normalized spacial score (nSPS) is 19.9. The molecule has 0 saturated carbocycles. The number of hydrogen-bond acceptors (Lipinski definition) is 3. The van der Waals surface area contributed by atoms with Gasteiger partial charge in [-0.1, -0.05) is 34.1 Å². The Balaban J connectivity index is 1.88. The number of carbonyl (C=O) groups is 2. The number of nitrogens with zero attached hydrogens (tertiary/aromatic N) is 1. The molecule has 2 aromatic rings. The molecule has 0 aromatic heterocycles. The largest absolute Gasteiger partial charge is 0.494 e. The molecule has 2 aromatic carbocycles. The Kier molecular flexibility index (Phi) is 4.51. The smallest absolute Gasteiger partial charge is 0.325 e. The molecule has 1 aliphatic heterocycles. The van der Waals surface area contributed by atoms with Crippen molar-refractivity contribution < 1.29 is 18.7 Å². The molecule has 25 heavy (non-hydrogen) atoms. The van der Waals surface area contributed by atoms with Crippen LogP contribution in [0.2, 0.25) is 0 Å². The Hall–Kier alpha value is -2.41. The lowest BCUT2D eigenvalue weighted by Gasteiger charge is -2.22. The zero-order chi connectivity index (χ0) is 18.2.